The van der Waals surface area contributed by atoms with Gasteiger partial charge in [0.05, 0.1) is 17.7 Å². The molecule has 0 aliphatic heterocycles. The first kappa shape index (κ1) is 23.7. The minimum atomic E-state index is -3.79. The number of amides is 2. The van der Waals surface area contributed by atoms with Crippen molar-refractivity contribution < 1.29 is 18.0 Å². The van der Waals surface area contributed by atoms with E-state index in [1.807, 2.05) is 0 Å². The zero-order valence-corrected chi connectivity index (χ0v) is 18.8. The summed E-state index contributed by atoms with van der Waals surface area (Å²) in [5, 5.41) is 7.14. The first-order chi connectivity index (χ1) is 14.0. The second-order valence-corrected chi connectivity index (χ2v) is 9.17. The summed E-state index contributed by atoms with van der Waals surface area (Å²) in [7, 11) is -3.79. The Morgan fingerprint density at radius 2 is 1.70 bits per heavy atom. The minimum Gasteiger partial charge on any atom is -0.326 e. The molecule has 0 aliphatic carbocycles. The topological polar surface area (TPSA) is 108 Å². The van der Waals surface area contributed by atoms with E-state index in [-0.39, 0.29) is 21.6 Å². The molecular weight excluding hydrogens is 451 g/mol. The van der Waals surface area contributed by atoms with Gasteiger partial charge < -0.3 is 5.32 Å². The number of sulfonamides is 1. The van der Waals surface area contributed by atoms with Crippen LogP contribution in [-0.2, 0) is 19.6 Å². The smallest absolute Gasteiger partial charge is 0.260 e. The van der Waals surface area contributed by atoms with Crippen molar-refractivity contribution >= 4 is 62.1 Å². The normalized spacial score (nSPS) is 11.7. The summed E-state index contributed by atoms with van der Waals surface area (Å²) in [6.45, 7) is 2.55. The highest BCUT2D eigenvalue weighted by Crippen LogP contribution is 2.26. The largest absolute Gasteiger partial charge is 0.326 e. The van der Waals surface area contributed by atoms with Crippen LogP contribution < -0.4 is 15.0 Å². The van der Waals surface area contributed by atoms with Crippen LogP contribution in [0.15, 0.2) is 47.6 Å². The monoisotopic (exact) mass is 470 g/mol. The van der Waals surface area contributed by atoms with Crippen molar-refractivity contribution in [2.24, 2.45) is 5.10 Å². The minimum absolute atomic E-state index is 0.161. The molecule has 2 aromatic carbocycles. The number of hydrogen-bond acceptors (Lipinski definition) is 5. The molecule has 0 aromatic heterocycles. The third-order valence-electron chi connectivity index (χ3n) is 3.77. The Morgan fingerprint density at radius 1 is 1.07 bits per heavy atom. The van der Waals surface area contributed by atoms with Crippen LogP contribution in [0.1, 0.15) is 19.4 Å². The molecule has 30 heavy (non-hydrogen) atoms. The van der Waals surface area contributed by atoms with E-state index in [2.05, 4.69) is 15.8 Å². The number of anilines is 2. The molecule has 0 radical (unpaired) electrons. The van der Waals surface area contributed by atoms with Gasteiger partial charge in [-0.1, -0.05) is 35.3 Å². The van der Waals surface area contributed by atoms with Crippen molar-refractivity contribution in [1.29, 1.82) is 0 Å². The Bertz CT molecular complexity index is 1080. The van der Waals surface area contributed by atoms with Crippen LogP contribution in [-0.4, -0.2) is 38.7 Å². The molecule has 0 fully saturated rings. The number of hydrogen-bond donors (Lipinski definition) is 2. The maximum absolute atomic E-state index is 12.3. The average molecular weight is 471 g/mol. The molecule has 0 saturated carbocycles. The van der Waals surface area contributed by atoms with Gasteiger partial charge in [-0.3, -0.25) is 13.9 Å². The summed E-state index contributed by atoms with van der Waals surface area (Å²) in [6, 6.07) is 11.1. The van der Waals surface area contributed by atoms with Crippen molar-refractivity contribution in [3.63, 3.8) is 0 Å². The van der Waals surface area contributed by atoms with Gasteiger partial charge in [-0.05, 0) is 42.8 Å². The lowest BCUT2D eigenvalue weighted by Gasteiger charge is -2.21. The molecule has 11 heteroatoms. The quantitative estimate of drug-likeness (QED) is 0.477. The van der Waals surface area contributed by atoms with Crippen LogP contribution >= 0.6 is 23.2 Å². The fourth-order valence-electron chi connectivity index (χ4n) is 2.49. The lowest BCUT2D eigenvalue weighted by atomic mass is 10.1. The maximum atomic E-state index is 12.3. The highest BCUT2D eigenvalue weighted by Gasteiger charge is 2.21. The number of rotatable bonds is 7. The Kier molecular flexibility index (Phi) is 7.83. The number of carbonyl (C=O) groups excluding carboxylic acids is 2. The molecule has 8 nitrogen and oxygen atoms in total. The lowest BCUT2D eigenvalue weighted by molar-refractivity contribution is -0.119. The molecule has 2 amide bonds. The second-order valence-electron chi connectivity index (χ2n) is 6.39. The maximum Gasteiger partial charge on any atom is 0.260 e. The van der Waals surface area contributed by atoms with E-state index in [1.165, 1.54) is 25.1 Å². The number of halogens is 2. The van der Waals surface area contributed by atoms with Crippen LogP contribution in [0.2, 0.25) is 10.0 Å². The molecule has 0 bridgehead atoms. The fraction of sp³-hybridized carbons (Fsp3) is 0.211. The molecule has 2 N–H and O–H groups in total. The van der Waals surface area contributed by atoms with Gasteiger partial charge in [0.1, 0.15) is 6.54 Å². The van der Waals surface area contributed by atoms with Crippen molar-refractivity contribution in [1.82, 2.24) is 5.43 Å². The van der Waals surface area contributed by atoms with E-state index in [1.54, 1.807) is 31.2 Å². The van der Waals surface area contributed by atoms with Gasteiger partial charge in [0.15, 0.2) is 0 Å². The molecule has 0 aliphatic rings. The first-order valence-electron chi connectivity index (χ1n) is 8.60. The van der Waals surface area contributed by atoms with E-state index in [9.17, 15) is 18.0 Å². The first-order valence-corrected chi connectivity index (χ1v) is 11.2. The van der Waals surface area contributed by atoms with Crippen LogP contribution in [0.4, 0.5) is 11.4 Å². The van der Waals surface area contributed by atoms with Gasteiger partial charge in [-0.25, -0.2) is 13.8 Å². The summed E-state index contributed by atoms with van der Waals surface area (Å²) in [6.07, 6.45) is 0.969. The predicted octanol–water partition coefficient (Wildman–Crippen LogP) is 3.26. The molecular formula is C19H20Cl2N4O4S. The molecule has 0 spiro atoms. The van der Waals surface area contributed by atoms with Crippen LogP contribution in [0, 0.1) is 0 Å². The van der Waals surface area contributed by atoms with Gasteiger partial charge >= 0.3 is 0 Å². The van der Waals surface area contributed by atoms with Gasteiger partial charge in [0.2, 0.25) is 15.9 Å². The van der Waals surface area contributed by atoms with E-state index < -0.39 is 22.5 Å². The SMILES string of the molecule is CC(=O)Nc1cccc(/C(C)=N\NC(=O)CN(c2cc(Cl)cc(Cl)c2)S(C)(=O)=O)c1. The molecule has 2 aromatic rings. The fourth-order valence-corrected chi connectivity index (χ4v) is 3.84. The summed E-state index contributed by atoms with van der Waals surface area (Å²) in [5.41, 5.74) is 4.21. The van der Waals surface area contributed by atoms with Gasteiger partial charge in [-0.2, -0.15) is 5.10 Å². The van der Waals surface area contributed by atoms with E-state index in [0.717, 1.165) is 10.6 Å². The highest BCUT2D eigenvalue weighted by atomic mass is 35.5. The van der Waals surface area contributed by atoms with Crippen LogP contribution in [0.25, 0.3) is 0 Å². The van der Waals surface area contributed by atoms with Gasteiger partial charge in [0.25, 0.3) is 5.91 Å². The van der Waals surface area contributed by atoms with Gasteiger partial charge in [0, 0.05) is 22.7 Å². The number of nitrogens with one attached hydrogen (secondary N) is 2. The van der Waals surface area contributed by atoms with Crippen molar-refractivity contribution in [3.8, 4) is 0 Å². The van der Waals surface area contributed by atoms with Crippen molar-refractivity contribution in [2.45, 2.75) is 13.8 Å². The molecule has 0 atom stereocenters. The number of nitrogens with zero attached hydrogens (tertiary/aromatic N) is 2. The molecule has 160 valence electrons. The highest BCUT2D eigenvalue weighted by molar-refractivity contribution is 7.92. The molecule has 0 heterocycles. The van der Waals surface area contributed by atoms with E-state index >= 15 is 0 Å². The standard InChI is InChI=1S/C19H20Cl2N4O4S/c1-12(14-5-4-6-17(7-14)22-13(2)26)23-24-19(27)11-25(30(3,28)29)18-9-15(20)8-16(21)10-18/h4-10H,11H2,1-3H3,(H,22,26)(H,24,27)/b23-12-. The van der Waals surface area contributed by atoms with Crippen LogP contribution in [0.5, 0.6) is 0 Å². The summed E-state index contributed by atoms with van der Waals surface area (Å²) in [4.78, 5) is 23.5. The molecule has 2 rings (SSSR count). The second kappa shape index (κ2) is 9.92. The third-order valence-corrected chi connectivity index (χ3v) is 5.35. The summed E-state index contributed by atoms with van der Waals surface area (Å²) < 4.78 is 25.2. The third kappa shape index (κ3) is 7.01. The molecule has 0 saturated heterocycles. The lowest BCUT2D eigenvalue weighted by Crippen LogP contribution is -2.39. The number of carbonyl (C=O) groups is 2. The zero-order chi connectivity index (χ0) is 22.5. The Labute approximate surface area is 184 Å². The van der Waals surface area contributed by atoms with E-state index in [0.29, 0.717) is 17.0 Å². The van der Waals surface area contributed by atoms with Crippen molar-refractivity contribution in [2.75, 3.05) is 22.4 Å². The Morgan fingerprint density at radius 3 is 2.27 bits per heavy atom. The molecule has 0 unspecified atom stereocenters. The zero-order valence-electron chi connectivity index (χ0n) is 16.4. The van der Waals surface area contributed by atoms with Gasteiger partial charge in [-0.15, -0.1) is 0 Å². The van der Waals surface area contributed by atoms with E-state index in [4.69, 9.17) is 23.2 Å². The summed E-state index contributed by atoms with van der Waals surface area (Å²) in [5.74, 6) is -0.870. The Balaban J connectivity index is 2.16. The predicted molar refractivity (Wildman–Crippen MR) is 120 cm³/mol. The Hall–Kier alpha value is -2.62. The summed E-state index contributed by atoms with van der Waals surface area (Å²) >= 11 is 11.9. The van der Waals surface area contributed by atoms with Crippen molar-refractivity contribution in [3.05, 3.63) is 58.1 Å². The number of hydrazone groups is 1. The number of benzene rings is 2. The van der Waals surface area contributed by atoms with Crippen LogP contribution in [0.3, 0.4) is 0 Å². The average Bonchev–Trinajstić information content (AvgIpc) is 2.62.